The molecular weight excluding hydrogens is 514 g/mol. The lowest BCUT2D eigenvalue weighted by molar-refractivity contribution is -0.938. The minimum Gasteiger partial charge on any atom is -0.479 e. The molecule has 2 aromatic rings. The van der Waals surface area contributed by atoms with E-state index in [1.54, 1.807) is 12.1 Å². The largest absolute Gasteiger partial charge is 0.479 e. The molecule has 11 nitrogen and oxygen atoms in total. The van der Waals surface area contributed by atoms with Gasteiger partial charge in [0, 0.05) is 12.8 Å². The fourth-order valence-corrected chi connectivity index (χ4v) is 6.81. The molecule has 5 rings (SSSR count). The summed E-state index contributed by atoms with van der Waals surface area (Å²) in [4.78, 5) is 33.9. The Bertz CT molecular complexity index is 1030. The Morgan fingerprint density at radius 1 is 0.972 bits per heavy atom. The number of aliphatic carboxylic acids is 2. The summed E-state index contributed by atoms with van der Waals surface area (Å²) < 4.78 is 12.6. The number of carboxylic acid groups (broad SMARTS) is 2. The predicted octanol–water partition coefficient (Wildman–Crippen LogP) is 0.223. The van der Waals surface area contributed by atoms with E-state index in [4.69, 9.17) is 29.9 Å². The maximum absolute atomic E-state index is 13.1. The number of nitrogens with zero attached hydrogens (tertiary/aromatic N) is 1. The van der Waals surface area contributed by atoms with Gasteiger partial charge in [0.15, 0.2) is 12.2 Å². The molecule has 3 unspecified atom stereocenters. The third kappa shape index (κ3) is 4.67. The summed E-state index contributed by atoms with van der Waals surface area (Å²) in [5, 5.41) is 47.6. The van der Waals surface area contributed by atoms with E-state index >= 15 is 0 Å². The maximum Gasteiger partial charge on any atom is 0.349 e. The molecule has 0 amide bonds. The Morgan fingerprint density at radius 2 is 1.42 bits per heavy atom. The Balaban J connectivity index is 0.000000261. The molecule has 196 valence electrons. The van der Waals surface area contributed by atoms with Crippen LogP contribution in [-0.4, -0.2) is 105 Å². The molecule has 0 aliphatic carbocycles. The van der Waals surface area contributed by atoms with Crippen LogP contribution in [0.1, 0.15) is 22.6 Å². The highest BCUT2D eigenvalue weighted by molar-refractivity contribution is 7.12. The number of carboxylic acids is 2. The van der Waals surface area contributed by atoms with Gasteiger partial charge in [-0.15, -0.1) is 22.7 Å². The van der Waals surface area contributed by atoms with E-state index in [1.165, 1.54) is 22.7 Å². The van der Waals surface area contributed by atoms with Crippen molar-refractivity contribution in [2.24, 2.45) is 0 Å². The summed E-state index contributed by atoms with van der Waals surface area (Å²) in [6.45, 7) is 0. The number of epoxide rings is 1. The highest BCUT2D eigenvalue weighted by Gasteiger charge is 2.71. The van der Waals surface area contributed by atoms with E-state index < -0.39 is 35.7 Å². The van der Waals surface area contributed by atoms with Crippen molar-refractivity contribution in [2.75, 3.05) is 14.1 Å². The molecule has 0 spiro atoms. The van der Waals surface area contributed by atoms with Gasteiger partial charge in [0.25, 0.3) is 0 Å². The van der Waals surface area contributed by atoms with E-state index in [0.29, 0.717) is 34.0 Å². The monoisotopic (exact) mass is 542 g/mol. The number of thiophene rings is 2. The van der Waals surface area contributed by atoms with Crippen LogP contribution in [0.3, 0.4) is 0 Å². The van der Waals surface area contributed by atoms with Crippen LogP contribution in [0.5, 0.6) is 0 Å². The molecule has 5 N–H and O–H groups in total. The van der Waals surface area contributed by atoms with Gasteiger partial charge in [-0.1, -0.05) is 12.1 Å². The van der Waals surface area contributed by atoms with E-state index in [9.17, 15) is 19.5 Å². The molecule has 13 heteroatoms. The molecule has 2 aromatic heterocycles. The fourth-order valence-electron chi connectivity index (χ4n) is 5.10. The molecule has 2 bridgehead atoms. The smallest absolute Gasteiger partial charge is 0.349 e. The number of esters is 1. The summed E-state index contributed by atoms with van der Waals surface area (Å²) in [6, 6.07) is 8.01. The molecule has 0 radical (unpaired) electrons. The number of aliphatic hydroxyl groups excluding tert-OH is 2. The number of likely N-dealkylation sites (N-methyl/N-ethyl adjacent to an activating group) is 1. The Labute approximate surface area is 214 Å². The zero-order valence-corrected chi connectivity index (χ0v) is 21.1. The molecular formula is C23H28NO10S2+. The average Bonchev–Trinajstić information content (AvgIpc) is 3.17. The van der Waals surface area contributed by atoms with Crippen LogP contribution in [0.4, 0.5) is 0 Å². The van der Waals surface area contributed by atoms with Crippen LogP contribution in [0.2, 0.25) is 0 Å². The second-order valence-electron chi connectivity index (χ2n) is 9.56. The summed E-state index contributed by atoms with van der Waals surface area (Å²) in [7, 11) is 4.49. The Hall–Kier alpha value is -2.39. The highest BCUT2D eigenvalue weighted by atomic mass is 32.1. The first-order chi connectivity index (χ1) is 16.9. The van der Waals surface area contributed by atoms with Gasteiger partial charge >= 0.3 is 17.9 Å². The molecule has 0 saturated carbocycles. The van der Waals surface area contributed by atoms with Gasteiger partial charge in [0.05, 0.1) is 23.8 Å². The quantitative estimate of drug-likeness (QED) is 0.185. The minimum atomic E-state index is -2.27. The van der Waals surface area contributed by atoms with Gasteiger partial charge in [0.2, 0.25) is 5.60 Å². The number of quaternary nitrogens is 1. The zero-order valence-electron chi connectivity index (χ0n) is 19.5. The lowest BCUT2D eigenvalue weighted by atomic mass is 9.95. The number of ether oxygens (including phenoxy) is 2. The minimum absolute atomic E-state index is 0.161. The van der Waals surface area contributed by atoms with Crippen LogP contribution >= 0.6 is 22.7 Å². The number of carbonyl (C=O) groups is 3. The van der Waals surface area contributed by atoms with Crippen LogP contribution in [0.25, 0.3) is 0 Å². The van der Waals surface area contributed by atoms with Crippen LogP contribution in [0.15, 0.2) is 35.0 Å². The van der Waals surface area contributed by atoms with E-state index in [-0.39, 0.29) is 6.10 Å². The molecule has 36 heavy (non-hydrogen) atoms. The van der Waals surface area contributed by atoms with Gasteiger partial charge in [-0.05, 0) is 22.9 Å². The topological polar surface area (TPSA) is 174 Å². The van der Waals surface area contributed by atoms with Crippen molar-refractivity contribution >= 4 is 40.6 Å². The molecule has 7 atom stereocenters. The Kier molecular flexibility index (Phi) is 7.27. The van der Waals surface area contributed by atoms with E-state index in [1.807, 2.05) is 22.9 Å². The fraction of sp³-hybridized carbons (Fsp3) is 0.522. The number of hydrogen-bond acceptors (Lipinski definition) is 10. The van der Waals surface area contributed by atoms with Gasteiger partial charge in [-0.2, -0.15) is 0 Å². The molecule has 0 aromatic carbocycles. The Morgan fingerprint density at radius 3 is 1.78 bits per heavy atom. The van der Waals surface area contributed by atoms with Crippen molar-refractivity contribution in [1.29, 1.82) is 0 Å². The van der Waals surface area contributed by atoms with Gasteiger partial charge in [-0.3, -0.25) is 0 Å². The number of rotatable bonds is 7. The molecule has 3 fully saturated rings. The van der Waals surface area contributed by atoms with Crippen molar-refractivity contribution in [3.05, 3.63) is 44.8 Å². The third-order valence-electron chi connectivity index (χ3n) is 7.17. The van der Waals surface area contributed by atoms with Crippen LogP contribution in [-0.2, 0) is 29.5 Å². The standard InChI is InChI=1S/C19H22NO4S2.C4H6O6/c1-20(2)12-9-11(10-13(20)17-16(12)24-17)23-18(21)19(22,14-5-3-7-25-14)15-6-4-8-26-15;5-1(3(7)8)2(6)4(9)10/h3-8,11-13,16-17,22H,9-10H2,1-2H3;1-2,5-6H,(H,7,8)(H,9,10)/q+1;/t11?,12-,13-,16-,17+;/m0./s1. The highest BCUT2D eigenvalue weighted by Crippen LogP contribution is 2.52. The molecule has 3 saturated heterocycles. The van der Waals surface area contributed by atoms with E-state index in [2.05, 4.69) is 14.1 Å². The zero-order chi connectivity index (χ0) is 26.4. The lowest BCUT2D eigenvalue weighted by Crippen LogP contribution is -2.60. The third-order valence-corrected chi connectivity index (χ3v) is 9.13. The number of aliphatic hydroxyl groups is 3. The van der Waals surface area contributed by atoms with Crippen molar-refractivity contribution in [3.8, 4) is 0 Å². The molecule has 3 aliphatic heterocycles. The molecule has 3 aliphatic rings. The van der Waals surface area contributed by atoms with Crippen LogP contribution in [0, 0.1) is 0 Å². The predicted molar refractivity (Wildman–Crippen MR) is 126 cm³/mol. The SMILES string of the molecule is C[N+]1(C)[C@H]2CC(OC(=O)C(O)(c3cccs3)c3cccs3)C[C@H]1[C@H]1O[C@H]12.O=C(O)C(O)C(O)C(=O)O. The van der Waals surface area contributed by atoms with E-state index in [0.717, 1.165) is 17.3 Å². The molecule has 5 heterocycles. The van der Waals surface area contributed by atoms with Crippen molar-refractivity contribution < 1.29 is 53.9 Å². The van der Waals surface area contributed by atoms with Gasteiger partial charge in [-0.25, -0.2) is 14.4 Å². The number of hydrogen-bond donors (Lipinski definition) is 5. The first kappa shape index (κ1) is 26.7. The number of fused-ring (bicyclic) bond motifs is 5. The van der Waals surface area contributed by atoms with Gasteiger partial charge < -0.3 is 39.5 Å². The summed E-state index contributed by atoms with van der Waals surface area (Å²) in [6.07, 6.45) is -2.48. The summed E-state index contributed by atoms with van der Waals surface area (Å²) in [5.41, 5.74) is -1.72. The van der Waals surface area contributed by atoms with Crippen molar-refractivity contribution in [1.82, 2.24) is 0 Å². The maximum atomic E-state index is 13.1. The van der Waals surface area contributed by atoms with Crippen molar-refractivity contribution in [2.45, 2.75) is 61.0 Å². The number of carbonyl (C=O) groups excluding carboxylic acids is 1. The first-order valence-electron chi connectivity index (χ1n) is 11.2. The average molecular weight is 543 g/mol. The lowest BCUT2D eigenvalue weighted by Gasteiger charge is -2.45. The second-order valence-corrected chi connectivity index (χ2v) is 11.5. The van der Waals surface area contributed by atoms with Crippen molar-refractivity contribution in [3.63, 3.8) is 0 Å². The summed E-state index contributed by atoms with van der Waals surface area (Å²) >= 11 is 2.74. The summed E-state index contributed by atoms with van der Waals surface area (Å²) in [5.74, 6) is -4.10. The van der Waals surface area contributed by atoms with Gasteiger partial charge in [0.1, 0.15) is 30.4 Å². The normalized spacial score (nSPS) is 29.2. The first-order valence-corrected chi connectivity index (χ1v) is 13.0. The number of piperidine rings is 1. The second kappa shape index (κ2) is 9.82. The van der Waals surface area contributed by atoms with Crippen LogP contribution < -0.4 is 0 Å². The number of morpholine rings is 1.